The van der Waals surface area contributed by atoms with Gasteiger partial charge in [0.05, 0.1) is 6.04 Å². The molecule has 0 saturated heterocycles. The Kier molecular flexibility index (Phi) is 4.28. The number of aromatic hydroxyl groups is 1. The lowest BCUT2D eigenvalue weighted by Crippen LogP contribution is -2.09. The summed E-state index contributed by atoms with van der Waals surface area (Å²) >= 11 is 0. The van der Waals surface area contributed by atoms with Gasteiger partial charge in [0.1, 0.15) is 11.6 Å². The molecule has 1 unspecified atom stereocenters. The molecule has 2 aromatic carbocycles. The predicted octanol–water partition coefficient (Wildman–Crippen LogP) is 4.83. The van der Waals surface area contributed by atoms with Crippen LogP contribution in [0.4, 0.5) is 10.1 Å². The first-order valence-corrected chi connectivity index (χ1v) is 6.83. The van der Waals surface area contributed by atoms with Crippen molar-refractivity contribution in [1.82, 2.24) is 0 Å². The number of hydrogen-bond acceptors (Lipinski definition) is 2. The van der Waals surface area contributed by atoms with Crippen LogP contribution >= 0.6 is 0 Å². The average molecular weight is 273 g/mol. The van der Waals surface area contributed by atoms with Crippen LogP contribution in [0.1, 0.15) is 43.9 Å². The summed E-state index contributed by atoms with van der Waals surface area (Å²) in [5.74, 6) is 0.157. The lowest BCUT2D eigenvalue weighted by molar-refractivity contribution is 0.462. The van der Waals surface area contributed by atoms with E-state index in [0.29, 0.717) is 11.5 Å². The molecule has 20 heavy (non-hydrogen) atoms. The Bertz CT molecular complexity index is 595. The summed E-state index contributed by atoms with van der Waals surface area (Å²) in [6, 6.07) is 11.9. The van der Waals surface area contributed by atoms with Gasteiger partial charge in [0.2, 0.25) is 0 Å². The second kappa shape index (κ2) is 5.95. The van der Waals surface area contributed by atoms with Gasteiger partial charge in [0.15, 0.2) is 0 Å². The van der Waals surface area contributed by atoms with Gasteiger partial charge < -0.3 is 10.4 Å². The maximum absolute atomic E-state index is 13.3. The van der Waals surface area contributed by atoms with Crippen LogP contribution in [0, 0.1) is 5.82 Å². The Morgan fingerprint density at radius 1 is 1.00 bits per heavy atom. The van der Waals surface area contributed by atoms with E-state index in [2.05, 4.69) is 25.2 Å². The molecule has 2 aromatic rings. The maximum Gasteiger partial charge on any atom is 0.123 e. The first-order valence-electron chi connectivity index (χ1n) is 6.83. The van der Waals surface area contributed by atoms with Crippen molar-refractivity contribution in [1.29, 1.82) is 0 Å². The van der Waals surface area contributed by atoms with Crippen LogP contribution < -0.4 is 5.32 Å². The third-order valence-electron chi connectivity index (χ3n) is 3.41. The topological polar surface area (TPSA) is 32.3 Å². The number of halogens is 1. The first kappa shape index (κ1) is 14.4. The molecule has 2 nitrogen and oxygen atoms in total. The molecule has 3 heteroatoms. The minimum atomic E-state index is -0.344. The highest BCUT2D eigenvalue weighted by Gasteiger charge is 2.13. The van der Waals surface area contributed by atoms with E-state index in [0.717, 1.165) is 5.69 Å². The summed E-state index contributed by atoms with van der Waals surface area (Å²) in [5, 5.41) is 13.2. The van der Waals surface area contributed by atoms with Gasteiger partial charge in [-0.25, -0.2) is 4.39 Å². The highest BCUT2D eigenvalue weighted by Crippen LogP contribution is 2.31. The zero-order valence-corrected chi connectivity index (χ0v) is 12.0. The molecule has 2 N–H and O–H groups in total. The van der Waals surface area contributed by atoms with Crippen molar-refractivity contribution in [2.45, 2.75) is 32.7 Å². The summed E-state index contributed by atoms with van der Waals surface area (Å²) in [5.41, 5.74) is 2.78. The number of rotatable bonds is 4. The van der Waals surface area contributed by atoms with Crippen molar-refractivity contribution in [3.63, 3.8) is 0 Å². The number of hydrogen-bond donors (Lipinski definition) is 2. The molecule has 0 aliphatic heterocycles. The van der Waals surface area contributed by atoms with Crippen LogP contribution in [0.2, 0.25) is 0 Å². The molecule has 106 valence electrons. The van der Waals surface area contributed by atoms with E-state index in [9.17, 15) is 9.50 Å². The van der Waals surface area contributed by atoms with Crippen molar-refractivity contribution in [3.8, 4) is 5.75 Å². The van der Waals surface area contributed by atoms with E-state index in [1.807, 2.05) is 25.1 Å². The van der Waals surface area contributed by atoms with Gasteiger partial charge in [-0.3, -0.25) is 0 Å². The molecular formula is C17H20FNO. The molecule has 1 atom stereocenters. The second-order valence-corrected chi connectivity index (χ2v) is 5.31. The fourth-order valence-corrected chi connectivity index (χ4v) is 2.32. The largest absolute Gasteiger partial charge is 0.508 e. The number of anilines is 1. The molecule has 0 fully saturated rings. The highest BCUT2D eigenvalue weighted by molar-refractivity contribution is 5.54. The monoisotopic (exact) mass is 273 g/mol. The smallest absolute Gasteiger partial charge is 0.123 e. The van der Waals surface area contributed by atoms with Crippen LogP contribution in [-0.4, -0.2) is 5.11 Å². The number of nitrogens with one attached hydrogen (secondary N) is 1. The van der Waals surface area contributed by atoms with Crippen LogP contribution in [0.25, 0.3) is 0 Å². The van der Waals surface area contributed by atoms with Crippen molar-refractivity contribution in [3.05, 3.63) is 59.4 Å². The third-order valence-corrected chi connectivity index (χ3v) is 3.41. The van der Waals surface area contributed by atoms with E-state index in [4.69, 9.17) is 0 Å². The minimum absolute atomic E-state index is 0.105. The lowest BCUT2D eigenvalue weighted by Gasteiger charge is -2.20. The lowest BCUT2D eigenvalue weighted by atomic mass is 10.00. The summed E-state index contributed by atoms with van der Waals surface area (Å²) in [6.45, 7) is 6.17. The third kappa shape index (κ3) is 3.10. The summed E-state index contributed by atoms with van der Waals surface area (Å²) in [4.78, 5) is 0. The van der Waals surface area contributed by atoms with Crippen LogP contribution in [0.5, 0.6) is 5.75 Å². The van der Waals surface area contributed by atoms with Gasteiger partial charge in [-0.15, -0.1) is 0 Å². The van der Waals surface area contributed by atoms with Crippen molar-refractivity contribution >= 4 is 5.69 Å². The molecule has 0 heterocycles. The fraction of sp³-hybridized carbons (Fsp3) is 0.294. The molecule has 0 aliphatic rings. The highest BCUT2D eigenvalue weighted by atomic mass is 19.1. The Morgan fingerprint density at radius 2 is 1.70 bits per heavy atom. The van der Waals surface area contributed by atoms with Crippen molar-refractivity contribution in [2.24, 2.45) is 0 Å². The minimum Gasteiger partial charge on any atom is -0.508 e. The zero-order chi connectivity index (χ0) is 14.7. The van der Waals surface area contributed by atoms with Crippen LogP contribution in [0.15, 0.2) is 42.5 Å². The number of phenolic OH excluding ortho intramolecular Hbond substituents is 1. The van der Waals surface area contributed by atoms with E-state index >= 15 is 0 Å². The van der Waals surface area contributed by atoms with Gasteiger partial charge in [0.25, 0.3) is 0 Å². The van der Waals surface area contributed by atoms with Crippen LogP contribution in [-0.2, 0) is 0 Å². The SMILES string of the molecule is CC(C)c1ccccc1NC(C)c1cc(F)ccc1O. The predicted molar refractivity (Wildman–Crippen MR) is 80.6 cm³/mol. The quantitative estimate of drug-likeness (QED) is 0.836. The number of para-hydroxylation sites is 1. The Balaban J connectivity index is 2.28. The first-order chi connectivity index (χ1) is 9.49. The summed E-state index contributed by atoms with van der Waals surface area (Å²) < 4.78 is 13.3. The van der Waals surface area contributed by atoms with Gasteiger partial charge >= 0.3 is 0 Å². The van der Waals surface area contributed by atoms with Crippen molar-refractivity contribution in [2.75, 3.05) is 5.32 Å². The Morgan fingerprint density at radius 3 is 2.40 bits per heavy atom. The van der Waals surface area contributed by atoms with E-state index in [1.165, 1.54) is 23.8 Å². The second-order valence-electron chi connectivity index (χ2n) is 5.31. The van der Waals surface area contributed by atoms with E-state index in [1.54, 1.807) is 0 Å². The molecule has 0 spiro atoms. The zero-order valence-electron chi connectivity index (χ0n) is 12.0. The average Bonchev–Trinajstić information content (AvgIpc) is 2.41. The Labute approximate surface area is 119 Å². The molecule has 0 saturated carbocycles. The van der Waals surface area contributed by atoms with E-state index in [-0.39, 0.29) is 17.6 Å². The number of phenols is 1. The maximum atomic E-state index is 13.3. The van der Waals surface area contributed by atoms with E-state index < -0.39 is 0 Å². The molecule has 0 radical (unpaired) electrons. The summed E-state index contributed by atoms with van der Waals surface area (Å²) in [6.07, 6.45) is 0. The number of benzene rings is 2. The van der Waals surface area contributed by atoms with Gasteiger partial charge in [-0.05, 0) is 42.7 Å². The standard InChI is InChI=1S/C17H20FNO/c1-11(2)14-6-4-5-7-16(14)19-12(3)15-10-13(18)8-9-17(15)20/h4-12,19-20H,1-3H3. The van der Waals surface area contributed by atoms with Crippen LogP contribution in [0.3, 0.4) is 0 Å². The van der Waals surface area contributed by atoms with Gasteiger partial charge in [-0.2, -0.15) is 0 Å². The molecule has 0 amide bonds. The molecular weight excluding hydrogens is 253 g/mol. The molecule has 0 bridgehead atoms. The molecule has 0 aliphatic carbocycles. The Hall–Kier alpha value is -2.03. The van der Waals surface area contributed by atoms with Crippen molar-refractivity contribution < 1.29 is 9.50 Å². The fourth-order valence-electron chi connectivity index (χ4n) is 2.32. The van der Waals surface area contributed by atoms with Gasteiger partial charge in [-0.1, -0.05) is 32.0 Å². The summed E-state index contributed by atoms with van der Waals surface area (Å²) in [7, 11) is 0. The molecule has 0 aromatic heterocycles. The van der Waals surface area contributed by atoms with Gasteiger partial charge in [0, 0.05) is 11.3 Å². The molecule has 2 rings (SSSR count). The normalized spacial score (nSPS) is 12.4.